The van der Waals surface area contributed by atoms with Crippen molar-refractivity contribution in [3.05, 3.63) is 34.7 Å². The van der Waals surface area contributed by atoms with Crippen molar-refractivity contribution < 1.29 is 22.7 Å². The summed E-state index contributed by atoms with van der Waals surface area (Å²) in [5.74, 6) is 0.118. The molecular weight excluding hydrogens is 460 g/mol. The average molecular weight is 489 g/mol. The predicted molar refractivity (Wildman–Crippen MR) is 127 cm³/mol. The molecule has 0 unspecified atom stereocenters. The summed E-state index contributed by atoms with van der Waals surface area (Å²) in [5, 5.41) is 0.782. The number of sulfonamides is 1. The third kappa shape index (κ3) is 4.55. The van der Waals surface area contributed by atoms with Crippen molar-refractivity contribution in [2.45, 2.75) is 55.6 Å². The highest BCUT2D eigenvalue weighted by molar-refractivity contribution is 7.89. The molecule has 2 fully saturated rings. The quantitative estimate of drug-likeness (QED) is 0.470. The van der Waals surface area contributed by atoms with Crippen LogP contribution in [0.5, 0.6) is 5.75 Å². The highest BCUT2D eigenvalue weighted by Gasteiger charge is 2.25. The van der Waals surface area contributed by atoms with Crippen LogP contribution in [0.25, 0.3) is 21.8 Å². The van der Waals surface area contributed by atoms with Gasteiger partial charge in [-0.05, 0) is 76.9 Å². The second-order valence-corrected chi connectivity index (χ2v) is 10.9. The first kappa shape index (κ1) is 22.9. The third-order valence-corrected chi connectivity index (χ3v) is 8.21. The summed E-state index contributed by atoms with van der Waals surface area (Å²) >= 11 is 0. The average Bonchev–Trinajstić information content (AvgIpc) is 3.46. The Morgan fingerprint density at radius 3 is 2.62 bits per heavy atom. The minimum absolute atomic E-state index is 0.0768. The van der Waals surface area contributed by atoms with Gasteiger partial charge in [-0.1, -0.05) is 0 Å². The first-order valence-corrected chi connectivity index (χ1v) is 13.0. The lowest BCUT2D eigenvalue weighted by Gasteiger charge is -2.29. The van der Waals surface area contributed by atoms with E-state index in [0.717, 1.165) is 51.6 Å². The lowest BCUT2D eigenvalue weighted by Crippen LogP contribution is -2.43. The van der Waals surface area contributed by atoms with Gasteiger partial charge in [-0.25, -0.2) is 17.9 Å². The molecule has 10 nitrogen and oxygen atoms in total. The van der Waals surface area contributed by atoms with Gasteiger partial charge in [-0.2, -0.15) is 0 Å². The molecule has 0 spiro atoms. The zero-order valence-electron chi connectivity index (χ0n) is 18.9. The number of aromatic amines is 2. The molecule has 0 atom stereocenters. The Kier molecular flexibility index (Phi) is 6.09. The maximum Gasteiger partial charge on any atom is 0.514 e. The predicted octanol–water partition coefficient (Wildman–Crippen LogP) is 2.84. The zero-order valence-corrected chi connectivity index (χ0v) is 19.7. The first-order valence-electron chi connectivity index (χ1n) is 11.6. The summed E-state index contributed by atoms with van der Waals surface area (Å²) in [6.45, 7) is 1.65. The number of likely N-dealkylation sites (tertiary alicyclic amines) is 1. The second kappa shape index (κ2) is 9.05. The number of nitrogens with one attached hydrogen (secondary N) is 3. The lowest BCUT2D eigenvalue weighted by atomic mass is 10.1. The van der Waals surface area contributed by atoms with E-state index in [1.165, 1.54) is 18.3 Å². The van der Waals surface area contributed by atoms with Crippen molar-refractivity contribution in [3.63, 3.8) is 0 Å². The van der Waals surface area contributed by atoms with Crippen LogP contribution in [0.4, 0.5) is 4.79 Å². The molecule has 0 amide bonds. The number of hydrogen-bond acceptors (Lipinski definition) is 7. The Morgan fingerprint density at radius 2 is 1.88 bits per heavy atom. The number of aromatic nitrogens is 2. The first-order chi connectivity index (χ1) is 16.3. The number of carbonyl (C=O) groups is 1. The van der Waals surface area contributed by atoms with Crippen molar-refractivity contribution in [1.82, 2.24) is 19.6 Å². The molecule has 2 aromatic heterocycles. The molecule has 3 N–H and O–H groups in total. The van der Waals surface area contributed by atoms with Gasteiger partial charge in [0.1, 0.15) is 11.6 Å². The van der Waals surface area contributed by atoms with E-state index in [9.17, 15) is 18.0 Å². The molecule has 3 heterocycles. The molecule has 5 rings (SSSR count). The van der Waals surface area contributed by atoms with Crippen molar-refractivity contribution >= 4 is 38.0 Å². The van der Waals surface area contributed by atoms with Gasteiger partial charge in [0, 0.05) is 23.1 Å². The van der Waals surface area contributed by atoms with Crippen LogP contribution >= 0.6 is 0 Å². The molecule has 1 saturated heterocycles. The summed E-state index contributed by atoms with van der Waals surface area (Å²) in [6.07, 6.45) is 5.50. The summed E-state index contributed by atoms with van der Waals surface area (Å²) in [5.41, 5.74) is 0.222. The molecule has 0 radical (unpaired) electrons. The number of ether oxygens (including phenoxy) is 2. The normalized spacial score (nSPS) is 18.6. The summed E-state index contributed by atoms with van der Waals surface area (Å²) in [6, 6.07) is 4.37. The van der Waals surface area contributed by atoms with E-state index < -0.39 is 21.7 Å². The van der Waals surface area contributed by atoms with E-state index in [2.05, 4.69) is 19.6 Å². The summed E-state index contributed by atoms with van der Waals surface area (Å²) < 4.78 is 39.8. The van der Waals surface area contributed by atoms with Crippen molar-refractivity contribution in [2.75, 3.05) is 20.1 Å². The van der Waals surface area contributed by atoms with Gasteiger partial charge in [0.15, 0.2) is 5.75 Å². The van der Waals surface area contributed by atoms with E-state index >= 15 is 0 Å². The van der Waals surface area contributed by atoms with Gasteiger partial charge in [0.25, 0.3) is 5.56 Å². The monoisotopic (exact) mass is 488 g/mol. The Balaban J connectivity index is 1.48. The van der Waals surface area contributed by atoms with Gasteiger partial charge in [0.05, 0.1) is 10.3 Å². The van der Waals surface area contributed by atoms with E-state index in [1.54, 1.807) is 6.07 Å². The summed E-state index contributed by atoms with van der Waals surface area (Å²) in [7, 11) is -1.77. The van der Waals surface area contributed by atoms with Gasteiger partial charge in [-0.3, -0.25) is 4.79 Å². The van der Waals surface area contributed by atoms with Crippen LogP contribution in [0.3, 0.4) is 0 Å². The van der Waals surface area contributed by atoms with E-state index in [4.69, 9.17) is 9.47 Å². The molecule has 1 saturated carbocycles. The molecule has 1 aliphatic heterocycles. The minimum Gasteiger partial charge on any atom is -0.431 e. The Hall–Kier alpha value is -2.89. The molecule has 182 valence electrons. The van der Waals surface area contributed by atoms with Crippen LogP contribution in [-0.4, -0.2) is 61.7 Å². The van der Waals surface area contributed by atoms with E-state index in [-0.39, 0.29) is 28.3 Å². The molecule has 2 aliphatic rings. The highest BCUT2D eigenvalue weighted by Crippen LogP contribution is 2.32. The van der Waals surface area contributed by atoms with Gasteiger partial charge in [-0.15, -0.1) is 0 Å². The number of hydrogen-bond donors (Lipinski definition) is 3. The number of H-pyrrole nitrogens is 2. The van der Waals surface area contributed by atoms with Crippen molar-refractivity contribution in [3.8, 4) is 5.75 Å². The maximum absolute atomic E-state index is 13.1. The number of benzene rings is 1. The Labute approximate surface area is 196 Å². The number of fused-ring (bicyclic) bond motifs is 3. The van der Waals surface area contributed by atoms with Crippen LogP contribution in [0, 0.1) is 0 Å². The van der Waals surface area contributed by atoms with Gasteiger partial charge < -0.3 is 24.3 Å². The molecule has 1 aromatic carbocycles. The molecular formula is C23H28N4O6S. The number of pyridine rings is 1. The number of piperidine rings is 1. The molecule has 0 bridgehead atoms. The minimum atomic E-state index is -3.79. The van der Waals surface area contributed by atoms with Gasteiger partial charge in [0.2, 0.25) is 10.0 Å². The molecule has 1 aliphatic carbocycles. The lowest BCUT2D eigenvalue weighted by molar-refractivity contribution is 0.0617. The topological polar surface area (TPSA) is 134 Å². The zero-order chi connectivity index (χ0) is 23.9. The van der Waals surface area contributed by atoms with Crippen LogP contribution in [0.1, 0.15) is 38.5 Å². The van der Waals surface area contributed by atoms with Crippen LogP contribution in [0.2, 0.25) is 0 Å². The SMILES string of the molecule is CN1CCC(NS(=O)(=O)c2ccc3[nH]c(=O)c4[nH]cc(OC(=O)OC5CCCC5)c4c3c2)CC1. The standard InChI is InChI=1S/C23H28N4O6S/c1-27-10-8-14(9-11-27)26-34(30,31)16-6-7-18-17(12-16)20-19(13-24-21(20)22(28)25-18)33-23(29)32-15-4-2-3-5-15/h6-7,12-15,24,26H,2-5,8-11H2,1H3,(H,25,28). The fourth-order valence-electron chi connectivity index (χ4n) is 4.79. The second-order valence-electron chi connectivity index (χ2n) is 9.14. The molecule has 3 aromatic rings. The van der Waals surface area contributed by atoms with Crippen LogP contribution < -0.4 is 15.0 Å². The van der Waals surface area contributed by atoms with Crippen LogP contribution in [-0.2, 0) is 14.8 Å². The fraction of sp³-hybridized carbons (Fsp3) is 0.478. The van der Waals surface area contributed by atoms with Crippen molar-refractivity contribution in [1.29, 1.82) is 0 Å². The van der Waals surface area contributed by atoms with E-state index in [1.807, 2.05) is 7.05 Å². The molecule has 11 heteroatoms. The number of carbonyl (C=O) groups excluding carboxylic acids is 1. The number of nitrogens with zero attached hydrogens (tertiary/aromatic N) is 1. The number of rotatable bonds is 5. The largest absolute Gasteiger partial charge is 0.514 e. The smallest absolute Gasteiger partial charge is 0.431 e. The Morgan fingerprint density at radius 1 is 1.15 bits per heavy atom. The molecule has 34 heavy (non-hydrogen) atoms. The van der Waals surface area contributed by atoms with Crippen LogP contribution in [0.15, 0.2) is 34.1 Å². The Bertz CT molecular complexity index is 1380. The van der Waals surface area contributed by atoms with E-state index in [0.29, 0.717) is 16.3 Å². The fourth-order valence-corrected chi connectivity index (χ4v) is 6.12. The maximum atomic E-state index is 13.1. The third-order valence-electron chi connectivity index (χ3n) is 6.69. The highest BCUT2D eigenvalue weighted by atomic mass is 32.2. The summed E-state index contributed by atoms with van der Waals surface area (Å²) in [4.78, 5) is 32.7. The van der Waals surface area contributed by atoms with Gasteiger partial charge >= 0.3 is 6.16 Å². The van der Waals surface area contributed by atoms with Crippen molar-refractivity contribution in [2.24, 2.45) is 0 Å².